The van der Waals surface area contributed by atoms with Crippen LogP contribution in [0.5, 0.6) is 0 Å². The minimum absolute atomic E-state index is 0.0267. The fourth-order valence-corrected chi connectivity index (χ4v) is 1.79. The second-order valence-corrected chi connectivity index (χ2v) is 7.16. The fourth-order valence-electron chi connectivity index (χ4n) is 1.79. The van der Waals surface area contributed by atoms with Crippen molar-refractivity contribution in [3.05, 3.63) is 24.3 Å². The molecule has 2 nitrogen and oxygen atoms in total. The average molecular weight is 280 g/mol. The normalized spacial score (nSPS) is 15.4. The van der Waals surface area contributed by atoms with Crippen molar-refractivity contribution in [3.8, 4) is 0 Å². The molecule has 0 aliphatic rings. The molecule has 0 saturated heterocycles. The largest absolute Gasteiger partial charge is 0.462 e. The van der Waals surface area contributed by atoms with E-state index >= 15 is 0 Å². The molecule has 0 aromatic heterocycles. The second kappa shape index (κ2) is 8.28. The Morgan fingerprint density at radius 2 is 1.75 bits per heavy atom. The van der Waals surface area contributed by atoms with Gasteiger partial charge in [-0.3, -0.25) is 4.79 Å². The van der Waals surface area contributed by atoms with E-state index < -0.39 is 5.41 Å². The molecular formula is C18H32O2. The van der Waals surface area contributed by atoms with Gasteiger partial charge in [-0.2, -0.15) is 0 Å². The molecule has 0 aromatic carbocycles. The Morgan fingerprint density at radius 3 is 2.15 bits per heavy atom. The van der Waals surface area contributed by atoms with E-state index in [1.54, 1.807) is 0 Å². The summed E-state index contributed by atoms with van der Waals surface area (Å²) in [5, 5.41) is 0. The van der Waals surface area contributed by atoms with E-state index in [0.29, 0.717) is 11.8 Å². The Hall–Kier alpha value is -1.05. The summed E-state index contributed by atoms with van der Waals surface area (Å²) in [4.78, 5) is 11.8. The van der Waals surface area contributed by atoms with E-state index in [-0.39, 0.29) is 12.1 Å². The van der Waals surface area contributed by atoms with Gasteiger partial charge in [0, 0.05) is 0 Å². The lowest BCUT2D eigenvalue weighted by molar-refractivity contribution is -0.158. The summed E-state index contributed by atoms with van der Waals surface area (Å²) < 4.78 is 5.49. The third-order valence-electron chi connectivity index (χ3n) is 3.31. The predicted octanol–water partition coefficient (Wildman–Crippen LogP) is 5.15. The Balaban J connectivity index is 4.35. The lowest BCUT2D eigenvalue weighted by atomic mass is 9.89. The standard InChI is InChI=1S/C18H32O2/c1-13(2)9-11-16(14(3)4)12-10-15(5)20-17(19)18(6,7)8/h9,11,14-16H,1,10,12H2,2-8H3/b11-9+/t15-,16+/m0/s1. The summed E-state index contributed by atoms with van der Waals surface area (Å²) in [6.45, 7) is 18.0. The molecule has 0 bridgehead atoms. The van der Waals surface area contributed by atoms with Gasteiger partial charge in [-0.1, -0.05) is 38.2 Å². The molecule has 0 radical (unpaired) electrons. The van der Waals surface area contributed by atoms with Crippen LogP contribution in [0.25, 0.3) is 0 Å². The molecule has 20 heavy (non-hydrogen) atoms. The van der Waals surface area contributed by atoms with Gasteiger partial charge in [0.25, 0.3) is 0 Å². The Kier molecular flexibility index (Phi) is 7.85. The summed E-state index contributed by atoms with van der Waals surface area (Å²) >= 11 is 0. The van der Waals surface area contributed by atoms with Gasteiger partial charge in [0.2, 0.25) is 0 Å². The van der Waals surface area contributed by atoms with Crippen LogP contribution in [0.2, 0.25) is 0 Å². The van der Waals surface area contributed by atoms with Crippen molar-refractivity contribution >= 4 is 5.97 Å². The number of rotatable bonds is 7. The third kappa shape index (κ3) is 8.19. The third-order valence-corrected chi connectivity index (χ3v) is 3.31. The van der Waals surface area contributed by atoms with Crippen LogP contribution >= 0.6 is 0 Å². The van der Waals surface area contributed by atoms with Gasteiger partial charge in [0.1, 0.15) is 0 Å². The molecular weight excluding hydrogens is 248 g/mol. The van der Waals surface area contributed by atoms with E-state index in [9.17, 15) is 4.79 Å². The van der Waals surface area contributed by atoms with Gasteiger partial charge in [0.15, 0.2) is 0 Å². The maximum absolute atomic E-state index is 11.8. The zero-order chi connectivity index (χ0) is 15.9. The molecule has 0 heterocycles. The molecule has 0 saturated carbocycles. The van der Waals surface area contributed by atoms with Crippen molar-refractivity contribution < 1.29 is 9.53 Å². The summed E-state index contributed by atoms with van der Waals surface area (Å²) in [5.41, 5.74) is 0.647. The number of allylic oxidation sites excluding steroid dienone is 3. The SMILES string of the molecule is C=C(C)/C=C/[C@H](CC[C@H](C)OC(=O)C(C)(C)C)C(C)C. The van der Waals surface area contributed by atoms with E-state index in [4.69, 9.17) is 4.74 Å². The van der Waals surface area contributed by atoms with Gasteiger partial charge in [-0.25, -0.2) is 0 Å². The highest BCUT2D eigenvalue weighted by atomic mass is 16.5. The van der Waals surface area contributed by atoms with Crippen LogP contribution < -0.4 is 0 Å². The Morgan fingerprint density at radius 1 is 1.20 bits per heavy atom. The highest BCUT2D eigenvalue weighted by Gasteiger charge is 2.25. The van der Waals surface area contributed by atoms with Crippen LogP contribution in [0.4, 0.5) is 0 Å². The van der Waals surface area contributed by atoms with Crippen LogP contribution in [0.15, 0.2) is 24.3 Å². The smallest absolute Gasteiger partial charge is 0.311 e. The molecule has 0 spiro atoms. The van der Waals surface area contributed by atoms with Crippen molar-refractivity contribution in [2.75, 3.05) is 0 Å². The molecule has 0 fully saturated rings. The molecule has 0 rings (SSSR count). The molecule has 2 atom stereocenters. The number of hydrogen-bond acceptors (Lipinski definition) is 2. The van der Waals surface area contributed by atoms with E-state index in [2.05, 4.69) is 32.6 Å². The Labute approximate surface area is 125 Å². The molecule has 116 valence electrons. The topological polar surface area (TPSA) is 26.3 Å². The lowest BCUT2D eigenvalue weighted by Gasteiger charge is -2.23. The highest BCUT2D eigenvalue weighted by molar-refractivity contribution is 5.75. The van der Waals surface area contributed by atoms with Crippen LogP contribution in [0, 0.1) is 17.3 Å². The summed E-state index contributed by atoms with van der Waals surface area (Å²) in [5.74, 6) is 0.960. The maximum Gasteiger partial charge on any atom is 0.311 e. The molecule has 0 aliphatic carbocycles. The van der Waals surface area contributed by atoms with Crippen LogP contribution in [-0.2, 0) is 9.53 Å². The zero-order valence-corrected chi connectivity index (χ0v) is 14.3. The number of esters is 1. The van der Waals surface area contributed by atoms with E-state index in [0.717, 1.165) is 18.4 Å². The summed E-state index contributed by atoms with van der Waals surface area (Å²) in [6, 6.07) is 0. The number of carbonyl (C=O) groups is 1. The number of carbonyl (C=O) groups excluding carboxylic acids is 1. The average Bonchev–Trinajstić information content (AvgIpc) is 2.26. The molecule has 0 aromatic rings. The first-order chi connectivity index (χ1) is 9.04. The van der Waals surface area contributed by atoms with E-state index in [1.165, 1.54) is 0 Å². The first-order valence-electron chi connectivity index (χ1n) is 7.58. The predicted molar refractivity (Wildman–Crippen MR) is 86.5 cm³/mol. The molecule has 0 unspecified atom stereocenters. The van der Waals surface area contributed by atoms with E-state index in [1.807, 2.05) is 34.6 Å². The summed E-state index contributed by atoms with van der Waals surface area (Å²) in [7, 11) is 0. The van der Waals surface area contributed by atoms with Crippen molar-refractivity contribution in [2.24, 2.45) is 17.3 Å². The first kappa shape index (κ1) is 18.9. The molecule has 2 heteroatoms. The summed E-state index contributed by atoms with van der Waals surface area (Å²) in [6.07, 6.45) is 6.20. The minimum atomic E-state index is -0.425. The van der Waals surface area contributed by atoms with Crippen molar-refractivity contribution in [1.82, 2.24) is 0 Å². The zero-order valence-electron chi connectivity index (χ0n) is 14.3. The Bertz CT molecular complexity index is 345. The first-order valence-corrected chi connectivity index (χ1v) is 7.58. The number of ether oxygens (including phenoxy) is 1. The molecule has 0 N–H and O–H groups in total. The molecule has 0 amide bonds. The van der Waals surface area contributed by atoms with Crippen molar-refractivity contribution in [2.45, 2.75) is 67.4 Å². The minimum Gasteiger partial charge on any atom is -0.462 e. The van der Waals surface area contributed by atoms with Gasteiger partial charge in [-0.15, -0.1) is 0 Å². The fraction of sp³-hybridized carbons (Fsp3) is 0.722. The van der Waals surface area contributed by atoms with Crippen molar-refractivity contribution in [3.63, 3.8) is 0 Å². The molecule has 0 aliphatic heterocycles. The van der Waals surface area contributed by atoms with Gasteiger partial charge in [-0.05, 0) is 59.3 Å². The van der Waals surface area contributed by atoms with Gasteiger partial charge >= 0.3 is 5.97 Å². The van der Waals surface area contributed by atoms with Crippen LogP contribution in [-0.4, -0.2) is 12.1 Å². The van der Waals surface area contributed by atoms with Crippen molar-refractivity contribution in [1.29, 1.82) is 0 Å². The van der Waals surface area contributed by atoms with Gasteiger partial charge in [0.05, 0.1) is 11.5 Å². The second-order valence-electron chi connectivity index (χ2n) is 7.16. The highest BCUT2D eigenvalue weighted by Crippen LogP contribution is 2.23. The monoisotopic (exact) mass is 280 g/mol. The van der Waals surface area contributed by atoms with Crippen LogP contribution in [0.3, 0.4) is 0 Å². The quantitative estimate of drug-likeness (QED) is 0.476. The maximum atomic E-state index is 11.8. The van der Waals surface area contributed by atoms with Gasteiger partial charge < -0.3 is 4.74 Å². The lowest BCUT2D eigenvalue weighted by Crippen LogP contribution is -2.27. The van der Waals surface area contributed by atoms with Crippen LogP contribution in [0.1, 0.15) is 61.3 Å². The number of hydrogen-bond donors (Lipinski definition) is 0.